The minimum absolute atomic E-state index is 0.0865. The number of carbonyl (C=O) groups is 1. The number of aryl methyl sites for hydroxylation is 2. The summed E-state index contributed by atoms with van der Waals surface area (Å²) in [4.78, 5) is 16.6. The summed E-state index contributed by atoms with van der Waals surface area (Å²) in [5, 5.41) is 0. The number of carbonyl (C=O) groups excluding carboxylic acids is 1. The van der Waals surface area contributed by atoms with Gasteiger partial charge in [-0.25, -0.2) is 8.78 Å². The Labute approximate surface area is 177 Å². The molecule has 158 valence electrons. The summed E-state index contributed by atoms with van der Waals surface area (Å²) in [6.07, 6.45) is 1.62. The van der Waals surface area contributed by atoms with Gasteiger partial charge in [0.2, 0.25) is 5.91 Å². The highest BCUT2D eigenvalue weighted by atomic mass is 19.1. The van der Waals surface area contributed by atoms with Crippen LogP contribution in [0.2, 0.25) is 0 Å². The van der Waals surface area contributed by atoms with Crippen LogP contribution in [0.15, 0.2) is 30.3 Å². The molecule has 0 aliphatic carbocycles. The van der Waals surface area contributed by atoms with Crippen LogP contribution < -0.4 is 4.90 Å². The third kappa shape index (κ3) is 5.25. The Morgan fingerprint density at radius 1 is 1.13 bits per heavy atom. The highest BCUT2D eigenvalue weighted by Gasteiger charge is 2.29. The number of hydrogen-bond acceptors (Lipinski definition) is 2. The largest absolute Gasteiger partial charge is 0.312 e. The molecule has 1 atom stereocenters. The molecular formula is C25H28F2N2O. The van der Waals surface area contributed by atoms with E-state index in [-0.39, 0.29) is 11.8 Å². The first-order valence-corrected chi connectivity index (χ1v) is 10.2. The molecule has 0 spiro atoms. The van der Waals surface area contributed by atoms with Crippen molar-refractivity contribution >= 4 is 11.6 Å². The van der Waals surface area contributed by atoms with Crippen molar-refractivity contribution in [2.45, 2.75) is 33.1 Å². The number of benzene rings is 2. The smallest absolute Gasteiger partial charge is 0.227 e. The molecule has 30 heavy (non-hydrogen) atoms. The first kappa shape index (κ1) is 22.0. The van der Waals surface area contributed by atoms with Gasteiger partial charge in [-0.15, -0.1) is 0 Å². The van der Waals surface area contributed by atoms with Crippen molar-refractivity contribution < 1.29 is 13.6 Å². The second-order valence-corrected chi connectivity index (χ2v) is 8.35. The van der Waals surface area contributed by atoms with Crippen LogP contribution in [-0.4, -0.2) is 38.0 Å². The van der Waals surface area contributed by atoms with Crippen molar-refractivity contribution in [3.8, 4) is 11.8 Å². The molecule has 3 rings (SSSR count). The predicted molar refractivity (Wildman–Crippen MR) is 116 cm³/mol. The van der Waals surface area contributed by atoms with Gasteiger partial charge in [0, 0.05) is 30.3 Å². The molecule has 0 saturated carbocycles. The summed E-state index contributed by atoms with van der Waals surface area (Å²) < 4.78 is 27.3. The number of nitrogens with zero attached hydrogens (tertiary/aromatic N) is 2. The lowest BCUT2D eigenvalue weighted by molar-refractivity contribution is -0.120. The number of rotatable bonds is 4. The molecule has 1 heterocycles. The standard InChI is InChI=1S/C25H28F2N2O/c1-17-12-19(6-5-11-28(3)4)13-18(2)25(17)29-16-20(7-10-24(29)30)14-21-8-9-22(26)15-23(21)27/h8-9,12-13,15,20H,7,10-11,14,16H2,1-4H3/t20-/m1/s1. The summed E-state index contributed by atoms with van der Waals surface area (Å²) in [7, 11) is 3.95. The normalized spacial score (nSPS) is 16.6. The fourth-order valence-electron chi connectivity index (χ4n) is 4.05. The highest BCUT2D eigenvalue weighted by Crippen LogP contribution is 2.32. The van der Waals surface area contributed by atoms with Gasteiger partial charge in [0.05, 0.1) is 6.54 Å². The average Bonchev–Trinajstić information content (AvgIpc) is 2.65. The van der Waals surface area contributed by atoms with Crippen molar-refractivity contribution in [3.05, 3.63) is 64.2 Å². The molecule has 0 aromatic heterocycles. The minimum Gasteiger partial charge on any atom is -0.312 e. The second kappa shape index (κ2) is 9.40. The van der Waals surface area contributed by atoms with Crippen LogP contribution in [0.25, 0.3) is 0 Å². The average molecular weight is 411 g/mol. The number of anilines is 1. The Balaban J connectivity index is 1.81. The Morgan fingerprint density at radius 2 is 1.83 bits per heavy atom. The van der Waals surface area contributed by atoms with Gasteiger partial charge in [0.25, 0.3) is 0 Å². The Hall–Kier alpha value is -2.71. The maximum atomic E-state index is 14.1. The predicted octanol–water partition coefficient (Wildman–Crippen LogP) is 4.48. The third-order valence-electron chi connectivity index (χ3n) is 5.42. The molecule has 1 saturated heterocycles. The molecule has 3 nitrogen and oxygen atoms in total. The van der Waals surface area contributed by atoms with Crippen LogP contribution in [-0.2, 0) is 11.2 Å². The molecule has 1 aliphatic rings. The molecule has 1 aliphatic heterocycles. The van der Waals surface area contributed by atoms with Gasteiger partial charge < -0.3 is 4.90 Å². The van der Waals surface area contributed by atoms with E-state index < -0.39 is 11.6 Å². The topological polar surface area (TPSA) is 23.6 Å². The summed E-state index contributed by atoms with van der Waals surface area (Å²) in [6, 6.07) is 7.74. The van der Waals surface area contributed by atoms with Gasteiger partial charge in [0.1, 0.15) is 11.6 Å². The van der Waals surface area contributed by atoms with Crippen LogP contribution in [0.1, 0.15) is 35.1 Å². The molecule has 0 N–H and O–H groups in total. The molecule has 2 aromatic carbocycles. The molecule has 5 heteroatoms. The Morgan fingerprint density at radius 3 is 2.47 bits per heavy atom. The van der Waals surface area contributed by atoms with Gasteiger partial charge >= 0.3 is 0 Å². The monoisotopic (exact) mass is 410 g/mol. The Bertz CT molecular complexity index is 981. The molecule has 2 aromatic rings. The van der Waals surface area contributed by atoms with Crippen molar-refractivity contribution in [2.24, 2.45) is 5.92 Å². The molecule has 0 unspecified atom stereocenters. The number of hydrogen-bond donors (Lipinski definition) is 0. The van der Waals surface area contributed by atoms with Crippen molar-refractivity contribution in [2.75, 3.05) is 32.1 Å². The van der Waals surface area contributed by atoms with E-state index in [0.717, 1.165) is 28.4 Å². The van der Waals surface area contributed by atoms with Crippen LogP contribution in [0.5, 0.6) is 0 Å². The van der Waals surface area contributed by atoms with Gasteiger partial charge in [-0.1, -0.05) is 17.9 Å². The molecule has 0 radical (unpaired) electrons. The molecule has 0 bridgehead atoms. The first-order valence-electron chi connectivity index (χ1n) is 10.2. The lowest BCUT2D eigenvalue weighted by Crippen LogP contribution is -2.41. The van der Waals surface area contributed by atoms with E-state index in [2.05, 4.69) is 11.8 Å². The van der Waals surface area contributed by atoms with Crippen LogP contribution in [0.4, 0.5) is 14.5 Å². The van der Waals surface area contributed by atoms with Crippen molar-refractivity contribution in [3.63, 3.8) is 0 Å². The number of halogens is 2. The highest BCUT2D eigenvalue weighted by molar-refractivity contribution is 5.95. The van der Waals surface area contributed by atoms with Gasteiger partial charge in [-0.2, -0.15) is 0 Å². The molecule has 1 amide bonds. The van der Waals surface area contributed by atoms with Crippen molar-refractivity contribution in [1.82, 2.24) is 4.90 Å². The van der Waals surface area contributed by atoms with E-state index in [9.17, 15) is 13.6 Å². The van der Waals surface area contributed by atoms with Crippen LogP contribution in [0.3, 0.4) is 0 Å². The van der Waals surface area contributed by atoms with Gasteiger partial charge in [-0.3, -0.25) is 9.69 Å². The first-order chi connectivity index (χ1) is 14.2. The van der Waals surface area contributed by atoms with E-state index >= 15 is 0 Å². The fourth-order valence-corrected chi connectivity index (χ4v) is 4.05. The number of piperidine rings is 1. The fraction of sp³-hybridized carbons (Fsp3) is 0.400. The third-order valence-corrected chi connectivity index (χ3v) is 5.42. The number of amides is 1. The van der Waals surface area contributed by atoms with E-state index in [1.807, 2.05) is 49.9 Å². The van der Waals surface area contributed by atoms with Gasteiger partial charge in [-0.05, 0) is 81.6 Å². The maximum Gasteiger partial charge on any atom is 0.227 e. The SMILES string of the molecule is Cc1cc(C#CCN(C)C)cc(C)c1N1C[C@@H](Cc2ccc(F)cc2F)CCC1=O. The van der Waals surface area contributed by atoms with E-state index in [4.69, 9.17) is 0 Å². The van der Waals surface area contributed by atoms with E-state index in [1.54, 1.807) is 0 Å². The summed E-state index contributed by atoms with van der Waals surface area (Å²) in [5.74, 6) is 5.44. The summed E-state index contributed by atoms with van der Waals surface area (Å²) >= 11 is 0. The van der Waals surface area contributed by atoms with E-state index in [0.29, 0.717) is 37.9 Å². The molecular weight excluding hydrogens is 382 g/mol. The zero-order chi connectivity index (χ0) is 21.8. The minimum atomic E-state index is -0.572. The van der Waals surface area contributed by atoms with Crippen LogP contribution in [0, 0.1) is 43.2 Å². The maximum absolute atomic E-state index is 14.1. The van der Waals surface area contributed by atoms with E-state index in [1.165, 1.54) is 12.1 Å². The zero-order valence-corrected chi connectivity index (χ0v) is 18.1. The Kier molecular flexibility index (Phi) is 6.89. The zero-order valence-electron chi connectivity index (χ0n) is 18.1. The molecule has 1 fully saturated rings. The lowest BCUT2D eigenvalue weighted by Gasteiger charge is -2.34. The summed E-state index contributed by atoms with van der Waals surface area (Å²) in [5.41, 5.74) is 4.36. The second-order valence-electron chi connectivity index (χ2n) is 8.35. The van der Waals surface area contributed by atoms with Crippen LogP contribution >= 0.6 is 0 Å². The summed E-state index contributed by atoms with van der Waals surface area (Å²) in [6.45, 7) is 5.21. The quantitative estimate of drug-likeness (QED) is 0.694. The van der Waals surface area contributed by atoms with Crippen molar-refractivity contribution in [1.29, 1.82) is 0 Å². The van der Waals surface area contributed by atoms with Gasteiger partial charge in [0.15, 0.2) is 0 Å². The lowest BCUT2D eigenvalue weighted by atomic mass is 9.89.